The average Bonchev–Trinajstić information content (AvgIpc) is 3.56. The van der Waals surface area contributed by atoms with Gasteiger partial charge in [-0.1, -0.05) is 60.7 Å². The van der Waals surface area contributed by atoms with E-state index in [1.807, 2.05) is 48.5 Å². The number of carboxylic acid groups (broad SMARTS) is 2. The van der Waals surface area contributed by atoms with E-state index in [2.05, 4.69) is 20.6 Å². The number of amides is 2. The van der Waals surface area contributed by atoms with Gasteiger partial charge >= 0.3 is 11.9 Å². The number of aromatic amines is 2. The largest absolute Gasteiger partial charge is 0.478 e. The molecule has 0 saturated heterocycles. The van der Waals surface area contributed by atoms with Crippen molar-refractivity contribution in [3.05, 3.63) is 131 Å². The summed E-state index contributed by atoms with van der Waals surface area (Å²) < 4.78 is 0. The second-order valence-corrected chi connectivity index (χ2v) is 9.83. The molecule has 0 aliphatic heterocycles. The molecule has 6 rings (SSSR count). The molecule has 6 aromatic rings. The van der Waals surface area contributed by atoms with E-state index in [0.717, 1.165) is 10.8 Å². The number of carbonyl (C=O) groups is 4. The van der Waals surface area contributed by atoms with Crippen LogP contribution < -0.4 is 10.6 Å². The summed E-state index contributed by atoms with van der Waals surface area (Å²) in [6, 6.07) is 27.0. The number of carbonyl (C=O) groups excluding carboxylic acids is 2. The van der Waals surface area contributed by atoms with Crippen LogP contribution in [0.25, 0.3) is 21.8 Å². The topological polar surface area (TPSA) is 164 Å². The summed E-state index contributed by atoms with van der Waals surface area (Å²) in [6.07, 6.45) is 0.153. The number of aromatic carboxylic acids is 2. The van der Waals surface area contributed by atoms with Crippen molar-refractivity contribution in [2.24, 2.45) is 0 Å². The first kappa shape index (κ1) is 27.0. The van der Waals surface area contributed by atoms with Crippen LogP contribution in [0.3, 0.4) is 0 Å². The molecule has 0 atom stereocenters. The van der Waals surface area contributed by atoms with E-state index in [9.17, 15) is 29.4 Å². The lowest BCUT2D eigenvalue weighted by Crippen LogP contribution is -2.18. The predicted octanol–water partition coefficient (Wildman–Crippen LogP) is 6.14. The van der Waals surface area contributed by atoms with Crippen LogP contribution in [0.2, 0.25) is 0 Å². The van der Waals surface area contributed by atoms with E-state index >= 15 is 0 Å². The van der Waals surface area contributed by atoms with Crippen molar-refractivity contribution in [2.45, 2.75) is 6.42 Å². The molecule has 0 spiro atoms. The number of nitrogens with one attached hydrogen (secondary N) is 4. The lowest BCUT2D eigenvalue weighted by atomic mass is 9.98. The van der Waals surface area contributed by atoms with Crippen LogP contribution in [0.15, 0.2) is 97.1 Å². The van der Waals surface area contributed by atoms with E-state index < -0.39 is 23.8 Å². The van der Waals surface area contributed by atoms with Crippen molar-refractivity contribution >= 4 is 56.9 Å². The van der Waals surface area contributed by atoms with Gasteiger partial charge in [0.15, 0.2) is 0 Å². The Balaban J connectivity index is 1.44. The predicted molar refractivity (Wildman–Crippen MR) is 162 cm³/mol. The first-order valence-corrected chi connectivity index (χ1v) is 13.3. The van der Waals surface area contributed by atoms with E-state index in [1.54, 1.807) is 24.3 Å². The number of H-pyrrole nitrogens is 2. The number of hydrogen-bond acceptors (Lipinski definition) is 4. The standard InChI is InChI=1S/C33H24N4O6/c38-30(36-26-15-7-3-11-20(26)32(40)41)28-22(18-9-1-5-13-24(18)34-28)17-23-19-10-2-6-14-25(19)35-29(23)31(39)37-27-16-8-4-12-21(27)33(42)43/h1-16,34-35H,17H2,(H,36,38)(H,37,39)(H,40,41)(H,42,43). The third kappa shape index (κ3) is 5.08. The summed E-state index contributed by atoms with van der Waals surface area (Å²) in [5.41, 5.74) is 3.21. The van der Waals surface area contributed by atoms with E-state index in [4.69, 9.17) is 0 Å². The highest BCUT2D eigenvalue weighted by Gasteiger charge is 2.25. The molecular weight excluding hydrogens is 548 g/mol. The Morgan fingerprint density at radius 1 is 0.535 bits per heavy atom. The quantitative estimate of drug-likeness (QED) is 0.128. The molecule has 6 N–H and O–H groups in total. The van der Waals surface area contributed by atoms with Gasteiger partial charge < -0.3 is 30.8 Å². The molecule has 0 aliphatic rings. The second-order valence-electron chi connectivity index (χ2n) is 9.83. The molecule has 10 heteroatoms. The average molecular weight is 573 g/mol. The Labute approximate surface area is 244 Å². The van der Waals surface area contributed by atoms with Gasteiger partial charge in [-0.2, -0.15) is 0 Å². The van der Waals surface area contributed by atoms with Crippen LogP contribution in [-0.4, -0.2) is 43.9 Å². The minimum atomic E-state index is -1.17. The first-order valence-electron chi connectivity index (χ1n) is 13.3. The maximum Gasteiger partial charge on any atom is 0.337 e. The number of anilines is 2. The van der Waals surface area contributed by atoms with Crippen LogP contribution >= 0.6 is 0 Å². The number of fused-ring (bicyclic) bond motifs is 2. The maximum atomic E-state index is 13.7. The molecule has 0 aliphatic carbocycles. The molecule has 43 heavy (non-hydrogen) atoms. The minimum absolute atomic E-state index is 0.0502. The zero-order valence-electron chi connectivity index (χ0n) is 22.5. The van der Waals surface area contributed by atoms with E-state index in [1.165, 1.54) is 24.3 Å². The van der Waals surface area contributed by atoms with E-state index in [0.29, 0.717) is 22.2 Å². The second kappa shape index (κ2) is 11.0. The zero-order chi connectivity index (χ0) is 30.1. The molecule has 2 aromatic heterocycles. The third-order valence-corrected chi connectivity index (χ3v) is 7.25. The molecule has 2 amide bonds. The summed E-state index contributed by atoms with van der Waals surface area (Å²) in [4.78, 5) is 57.1. The van der Waals surface area contributed by atoms with Crippen molar-refractivity contribution in [1.29, 1.82) is 0 Å². The Bertz CT molecular complexity index is 1930. The smallest absolute Gasteiger partial charge is 0.337 e. The van der Waals surface area contributed by atoms with Crippen molar-refractivity contribution < 1.29 is 29.4 Å². The lowest BCUT2D eigenvalue weighted by molar-refractivity contribution is 0.0687. The summed E-state index contributed by atoms with van der Waals surface area (Å²) in [5, 5.41) is 26.1. The molecule has 0 saturated carbocycles. The monoisotopic (exact) mass is 572 g/mol. The van der Waals surface area contributed by atoms with Gasteiger partial charge in [-0.25, -0.2) is 9.59 Å². The van der Waals surface area contributed by atoms with Crippen LogP contribution in [-0.2, 0) is 6.42 Å². The van der Waals surface area contributed by atoms with Crippen LogP contribution in [0.1, 0.15) is 52.8 Å². The van der Waals surface area contributed by atoms with Gasteiger partial charge in [-0.15, -0.1) is 0 Å². The number of rotatable bonds is 8. The number of carboxylic acids is 2. The van der Waals surface area contributed by atoms with Gasteiger partial charge in [-0.3, -0.25) is 9.59 Å². The van der Waals surface area contributed by atoms with Gasteiger partial charge in [0.1, 0.15) is 11.4 Å². The molecule has 0 fully saturated rings. The summed E-state index contributed by atoms with van der Waals surface area (Å²) in [7, 11) is 0. The Hall–Kier alpha value is -6.16. The lowest BCUT2D eigenvalue weighted by Gasteiger charge is -2.11. The van der Waals surface area contributed by atoms with Crippen molar-refractivity contribution in [3.8, 4) is 0 Å². The van der Waals surface area contributed by atoms with Crippen molar-refractivity contribution in [2.75, 3.05) is 10.6 Å². The Kier molecular flexibility index (Phi) is 6.93. The fourth-order valence-corrected chi connectivity index (χ4v) is 5.26. The van der Waals surface area contributed by atoms with Gasteiger partial charge in [-0.05, 0) is 47.5 Å². The highest BCUT2D eigenvalue weighted by atomic mass is 16.4. The van der Waals surface area contributed by atoms with Gasteiger partial charge in [0.2, 0.25) is 0 Å². The van der Waals surface area contributed by atoms with Crippen molar-refractivity contribution in [1.82, 2.24) is 9.97 Å². The molecule has 212 valence electrons. The molecule has 0 bridgehead atoms. The molecule has 0 unspecified atom stereocenters. The highest BCUT2D eigenvalue weighted by molar-refractivity contribution is 6.12. The highest BCUT2D eigenvalue weighted by Crippen LogP contribution is 2.32. The van der Waals surface area contributed by atoms with Crippen LogP contribution in [0, 0.1) is 0 Å². The SMILES string of the molecule is O=C(O)c1ccccc1NC(=O)c1[nH]c2ccccc2c1Cc1c(C(=O)Nc2ccccc2C(=O)O)[nH]c2ccccc12. The summed E-state index contributed by atoms with van der Waals surface area (Å²) >= 11 is 0. The molecule has 4 aromatic carbocycles. The fourth-order valence-electron chi connectivity index (χ4n) is 5.26. The van der Waals surface area contributed by atoms with E-state index in [-0.39, 0.29) is 40.3 Å². The summed E-state index contributed by atoms with van der Waals surface area (Å²) in [6.45, 7) is 0. The van der Waals surface area contributed by atoms with Crippen molar-refractivity contribution in [3.63, 3.8) is 0 Å². The minimum Gasteiger partial charge on any atom is -0.478 e. The first-order chi connectivity index (χ1) is 20.8. The number of benzene rings is 4. The van der Waals surface area contributed by atoms with Gasteiger partial charge in [0.05, 0.1) is 22.5 Å². The number of hydrogen-bond donors (Lipinski definition) is 6. The maximum absolute atomic E-state index is 13.7. The molecular formula is C33H24N4O6. The molecule has 10 nitrogen and oxygen atoms in total. The van der Waals surface area contributed by atoms with Crippen LogP contribution in [0.4, 0.5) is 11.4 Å². The van der Waals surface area contributed by atoms with Crippen LogP contribution in [0.5, 0.6) is 0 Å². The van der Waals surface area contributed by atoms with Gasteiger partial charge in [0, 0.05) is 28.2 Å². The fraction of sp³-hybridized carbons (Fsp3) is 0.0303. The Morgan fingerprint density at radius 2 is 0.907 bits per heavy atom. The van der Waals surface area contributed by atoms with Gasteiger partial charge in [0.25, 0.3) is 11.8 Å². The molecule has 0 radical (unpaired) electrons. The third-order valence-electron chi connectivity index (χ3n) is 7.25. The number of aromatic nitrogens is 2. The normalized spacial score (nSPS) is 11.0. The number of para-hydroxylation sites is 4. The summed E-state index contributed by atoms with van der Waals surface area (Å²) in [5.74, 6) is -3.43. The zero-order valence-corrected chi connectivity index (χ0v) is 22.5. The molecule has 2 heterocycles. The Morgan fingerprint density at radius 3 is 1.33 bits per heavy atom.